The van der Waals surface area contributed by atoms with E-state index in [0.717, 1.165) is 34.5 Å². The number of rotatable bonds is 4. The Morgan fingerprint density at radius 3 is 2.60 bits per heavy atom. The molecule has 0 saturated carbocycles. The fraction of sp³-hybridized carbons (Fsp3) is 0.438. The van der Waals surface area contributed by atoms with Crippen molar-refractivity contribution in [2.75, 3.05) is 12.0 Å². The molecule has 4 nitrogen and oxygen atoms in total. The Morgan fingerprint density at radius 2 is 2.00 bits per heavy atom. The molecule has 0 radical (unpaired) electrons. The van der Waals surface area contributed by atoms with Crippen LogP contribution in [-0.4, -0.2) is 11.6 Å². The number of ether oxygens (including phenoxy) is 1. The Morgan fingerprint density at radius 1 is 1.25 bits per heavy atom. The third kappa shape index (κ3) is 3.02. The number of nitrogens with zero attached hydrogens (tertiary/aromatic N) is 1. The first-order valence-electron chi connectivity index (χ1n) is 7.00. The molecule has 0 saturated heterocycles. The van der Waals surface area contributed by atoms with Crippen molar-refractivity contribution in [2.45, 2.75) is 39.5 Å². The van der Waals surface area contributed by atoms with Crippen LogP contribution < -0.4 is 16.0 Å². The van der Waals surface area contributed by atoms with E-state index >= 15 is 0 Å². The van der Waals surface area contributed by atoms with Gasteiger partial charge in [-0.1, -0.05) is 27.7 Å². The normalized spacial score (nSPS) is 11.7. The first kappa shape index (κ1) is 14.6. The fourth-order valence-electron chi connectivity index (χ4n) is 2.02. The maximum Gasteiger partial charge on any atom is 0.120 e. The molecule has 4 heteroatoms. The van der Waals surface area contributed by atoms with Gasteiger partial charge in [-0.15, -0.1) is 0 Å². The summed E-state index contributed by atoms with van der Waals surface area (Å²) in [4.78, 5) is 4.73. The van der Waals surface area contributed by atoms with E-state index in [1.165, 1.54) is 0 Å². The van der Waals surface area contributed by atoms with Gasteiger partial charge in [-0.05, 0) is 30.7 Å². The number of pyridine rings is 1. The number of anilines is 1. The van der Waals surface area contributed by atoms with Crippen LogP contribution in [0.5, 0.6) is 5.75 Å². The van der Waals surface area contributed by atoms with Gasteiger partial charge in [0.2, 0.25) is 0 Å². The molecule has 0 atom stereocenters. The van der Waals surface area contributed by atoms with Crippen molar-refractivity contribution in [3.8, 4) is 5.75 Å². The topological polar surface area (TPSA) is 60.2 Å². The third-order valence-electron chi connectivity index (χ3n) is 3.18. The summed E-state index contributed by atoms with van der Waals surface area (Å²) in [7, 11) is 0. The Bertz CT molecular complexity index is 602. The predicted octanol–water partition coefficient (Wildman–Crippen LogP) is 3.61. The Balaban J connectivity index is 2.53. The second-order valence-electron chi connectivity index (χ2n) is 5.98. The molecule has 1 aromatic heterocycles. The van der Waals surface area contributed by atoms with Crippen molar-refractivity contribution in [3.05, 3.63) is 30.0 Å². The van der Waals surface area contributed by atoms with Gasteiger partial charge in [-0.2, -0.15) is 0 Å². The second kappa shape index (κ2) is 5.67. The minimum Gasteiger partial charge on any atom is -0.494 e. The van der Waals surface area contributed by atoms with E-state index in [2.05, 4.69) is 33.1 Å². The van der Waals surface area contributed by atoms with Gasteiger partial charge >= 0.3 is 0 Å². The van der Waals surface area contributed by atoms with Crippen molar-refractivity contribution in [3.63, 3.8) is 0 Å². The molecule has 0 amide bonds. The molecule has 3 N–H and O–H groups in total. The summed E-state index contributed by atoms with van der Waals surface area (Å²) in [5.41, 5.74) is 5.57. The number of aromatic nitrogens is 1. The first-order chi connectivity index (χ1) is 9.45. The van der Waals surface area contributed by atoms with Crippen LogP contribution in [-0.2, 0) is 5.41 Å². The van der Waals surface area contributed by atoms with Crippen molar-refractivity contribution in [1.29, 1.82) is 0 Å². The van der Waals surface area contributed by atoms with Gasteiger partial charge in [0.15, 0.2) is 0 Å². The highest BCUT2D eigenvalue weighted by molar-refractivity contribution is 5.92. The van der Waals surface area contributed by atoms with Gasteiger partial charge in [0.05, 0.1) is 17.8 Å². The molecule has 1 heterocycles. The average molecular weight is 273 g/mol. The monoisotopic (exact) mass is 273 g/mol. The smallest absolute Gasteiger partial charge is 0.120 e. The lowest BCUT2D eigenvalue weighted by Gasteiger charge is -2.20. The van der Waals surface area contributed by atoms with Crippen LogP contribution in [0.3, 0.4) is 0 Å². The molecule has 0 aliphatic heterocycles. The summed E-state index contributed by atoms with van der Waals surface area (Å²) in [6.45, 7) is 9.22. The van der Waals surface area contributed by atoms with E-state index < -0.39 is 0 Å². The number of hydrazine groups is 1. The molecule has 20 heavy (non-hydrogen) atoms. The minimum absolute atomic E-state index is 0.0167. The lowest BCUT2D eigenvalue weighted by atomic mass is 9.91. The summed E-state index contributed by atoms with van der Waals surface area (Å²) >= 11 is 0. The molecular weight excluding hydrogens is 250 g/mol. The Labute approximate surface area is 120 Å². The summed E-state index contributed by atoms with van der Waals surface area (Å²) in [6.07, 6.45) is 0.987. The Hall–Kier alpha value is -1.81. The van der Waals surface area contributed by atoms with Crippen LogP contribution in [0.2, 0.25) is 0 Å². The quantitative estimate of drug-likeness (QED) is 0.660. The zero-order valence-electron chi connectivity index (χ0n) is 12.7. The number of hydrogen-bond acceptors (Lipinski definition) is 4. The molecule has 2 aromatic rings. The molecule has 2 rings (SSSR count). The van der Waals surface area contributed by atoms with E-state index in [9.17, 15) is 0 Å². The van der Waals surface area contributed by atoms with Gasteiger partial charge in [0.25, 0.3) is 0 Å². The van der Waals surface area contributed by atoms with Crippen LogP contribution in [0.15, 0.2) is 24.3 Å². The highest BCUT2D eigenvalue weighted by Gasteiger charge is 2.18. The number of nitrogen functional groups attached to an aromatic ring is 1. The largest absolute Gasteiger partial charge is 0.494 e. The lowest BCUT2D eigenvalue weighted by Crippen LogP contribution is -2.16. The minimum atomic E-state index is -0.0167. The number of hydrogen-bond donors (Lipinski definition) is 2. The van der Waals surface area contributed by atoms with Gasteiger partial charge in [-0.3, -0.25) is 10.8 Å². The van der Waals surface area contributed by atoms with E-state index in [1.807, 2.05) is 24.3 Å². The van der Waals surface area contributed by atoms with Crippen LogP contribution in [0.25, 0.3) is 10.9 Å². The number of fused-ring (bicyclic) bond motifs is 1. The van der Waals surface area contributed by atoms with Crippen LogP contribution in [0.1, 0.15) is 39.8 Å². The molecule has 108 valence electrons. The van der Waals surface area contributed by atoms with Gasteiger partial charge in [0.1, 0.15) is 5.75 Å². The molecule has 0 bridgehead atoms. The SMILES string of the molecule is CCCOc1ccc2nc(C(C)(C)C)cc(NN)c2c1. The van der Waals surface area contributed by atoms with Crippen molar-refractivity contribution in [2.24, 2.45) is 5.84 Å². The molecule has 0 aliphatic carbocycles. The highest BCUT2D eigenvalue weighted by atomic mass is 16.5. The highest BCUT2D eigenvalue weighted by Crippen LogP contribution is 2.31. The van der Waals surface area contributed by atoms with Gasteiger partial charge in [0, 0.05) is 16.5 Å². The van der Waals surface area contributed by atoms with Crippen LogP contribution in [0.4, 0.5) is 5.69 Å². The van der Waals surface area contributed by atoms with Crippen molar-refractivity contribution < 1.29 is 4.74 Å². The van der Waals surface area contributed by atoms with Crippen molar-refractivity contribution >= 4 is 16.6 Å². The molecule has 0 aliphatic rings. The van der Waals surface area contributed by atoms with E-state index in [1.54, 1.807) is 0 Å². The van der Waals surface area contributed by atoms with E-state index in [4.69, 9.17) is 15.6 Å². The molecular formula is C16H23N3O. The standard InChI is InChI=1S/C16H23N3O/c1-5-8-20-11-6-7-13-12(9-11)14(19-17)10-15(18-13)16(2,3)4/h6-7,9-10H,5,8,17H2,1-4H3,(H,18,19). The van der Waals surface area contributed by atoms with E-state index in [-0.39, 0.29) is 5.41 Å². The first-order valence-corrected chi connectivity index (χ1v) is 7.00. The number of nitrogens with two attached hydrogens (primary N) is 1. The molecule has 0 spiro atoms. The van der Waals surface area contributed by atoms with Crippen molar-refractivity contribution in [1.82, 2.24) is 4.98 Å². The van der Waals surface area contributed by atoms with Gasteiger partial charge < -0.3 is 10.2 Å². The maximum absolute atomic E-state index is 5.66. The number of nitrogens with one attached hydrogen (secondary N) is 1. The lowest BCUT2D eigenvalue weighted by molar-refractivity contribution is 0.318. The van der Waals surface area contributed by atoms with Crippen LogP contribution >= 0.6 is 0 Å². The molecule has 1 aromatic carbocycles. The number of benzene rings is 1. The van der Waals surface area contributed by atoms with Gasteiger partial charge in [-0.25, -0.2) is 0 Å². The third-order valence-corrected chi connectivity index (χ3v) is 3.18. The average Bonchev–Trinajstić information content (AvgIpc) is 2.42. The summed E-state index contributed by atoms with van der Waals surface area (Å²) in [5.74, 6) is 6.51. The summed E-state index contributed by atoms with van der Waals surface area (Å²) in [6, 6.07) is 7.93. The molecule has 0 unspecified atom stereocenters. The zero-order chi connectivity index (χ0) is 14.8. The predicted molar refractivity (Wildman–Crippen MR) is 84.0 cm³/mol. The fourth-order valence-corrected chi connectivity index (χ4v) is 2.02. The zero-order valence-corrected chi connectivity index (χ0v) is 12.7. The maximum atomic E-state index is 5.66. The van der Waals surface area contributed by atoms with Crippen LogP contribution in [0, 0.1) is 0 Å². The Kier molecular flexibility index (Phi) is 4.14. The summed E-state index contributed by atoms with van der Waals surface area (Å²) < 4.78 is 5.66. The molecule has 0 fully saturated rings. The van der Waals surface area contributed by atoms with E-state index in [0.29, 0.717) is 6.61 Å². The second-order valence-corrected chi connectivity index (χ2v) is 5.98. The summed E-state index contributed by atoms with van der Waals surface area (Å²) in [5, 5.41) is 0.981.